The minimum Gasteiger partial charge on any atom is -0.379 e. The highest BCUT2D eigenvalue weighted by Crippen LogP contribution is 2.37. The molecule has 1 amide bonds. The number of halogens is 1. The highest BCUT2D eigenvalue weighted by atomic mass is 32.2. The number of benzene rings is 3. The van der Waals surface area contributed by atoms with Gasteiger partial charge in [0.15, 0.2) is 0 Å². The maximum absolute atomic E-state index is 13.6. The van der Waals surface area contributed by atoms with Crippen LogP contribution in [-0.4, -0.2) is 37.3 Å². The van der Waals surface area contributed by atoms with Crippen LogP contribution in [0.1, 0.15) is 40.7 Å². The van der Waals surface area contributed by atoms with Crippen LogP contribution >= 0.6 is 0 Å². The summed E-state index contributed by atoms with van der Waals surface area (Å²) in [5.74, 6) is -0.940. The second kappa shape index (κ2) is 9.32. The maximum Gasteiger partial charge on any atom is 0.339 e. The standard InChI is InChI=1S/C28H26FN3O4S/c29-20-5-4-6-21(15-20)37(34,35)36-26-10-8-22(27-23(26)16-30-28(27)33)25-14-19-13-18(7-9-24(19)31-25)17-32-11-2-1-3-12-32/h4-10,13-15,31H,1-3,11-12,16-17H2,(H,30,33). The quantitative estimate of drug-likeness (QED) is 0.351. The fourth-order valence-electron chi connectivity index (χ4n) is 5.21. The van der Waals surface area contributed by atoms with Gasteiger partial charge in [-0.3, -0.25) is 9.69 Å². The Kier molecular flexibility index (Phi) is 5.97. The van der Waals surface area contributed by atoms with Gasteiger partial charge in [-0.05, 0) is 80.0 Å². The number of rotatable bonds is 6. The Morgan fingerprint density at radius 3 is 2.62 bits per heavy atom. The minimum atomic E-state index is -4.28. The highest BCUT2D eigenvalue weighted by Gasteiger charge is 2.30. The summed E-state index contributed by atoms with van der Waals surface area (Å²) in [6.45, 7) is 3.30. The Labute approximate surface area is 214 Å². The highest BCUT2D eigenvalue weighted by molar-refractivity contribution is 7.87. The molecule has 0 unspecified atom stereocenters. The molecule has 0 radical (unpaired) electrons. The number of carbonyl (C=O) groups is 1. The van der Waals surface area contributed by atoms with Crippen molar-refractivity contribution in [2.24, 2.45) is 0 Å². The van der Waals surface area contributed by atoms with E-state index in [4.69, 9.17) is 4.18 Å². The largest absolute Gasteiger partial charge is 0.379 e. The van der Waals surface area contributed by atoms with E-state index < -0.39 is 15.9 Å². The third kappa shape index (κ3) is 4.60. The third-order valence-corrected chi connectivity index (χ3v) is 8.27. The van der Waals surface area contributed by atoms with E-state index in [-0.39, 0.29) is 23.1 Å². The second-order valence-corrected chi connectivity index (χ2v) is 11.1. The lowest BCUT2D eigenvalue weighted by Gasteiger charge is -2.26. The minimum absolute atomic E-state index is 0.0429. The van der Waals surface area contributed by atoms with Crippen LogP contribution < -0.4 is 9.50 Å². The van der Waals surface area contributed by atoms with E-state index in [1.165, 1.54) is 37.0 Å². The SMILES string of the molecule is O=C1NCc2c(OS(=O)(=O)c3cccc(F)c3)ccc(-c3cc4cc(CN5CCCCC5)ccc4[nH]3)c21. The van der Waals surface area contributed by atoms with Gasteiger partial charge in [0.25, 0.3) is 5.91 Å². The fraction of sp³-hybridized carbons (Fsp3) is 0.250. The number of aromatic nitrogens is 1. The van der Waals surface area contributed by atoms with Gasteiger partial charge in [0.05, 0.1) is 5.56 Å². The first-order valence-electron chi connectivity index (χ1n) is 12.4. The van der Waals surface area contributed by atoms with Crippen molar-refractivity contribution in [3.05, 3.63) is 83.2 Å². The van der Waals surface area contributed by atoms with Gasteiger partial charge in [-0.2, -0.15) is 8.42 Å². The van der Waals surface area contributed by atoms with Crippen molar-refractivity contribution in [2.45, 2.75) is 37.2 Å². The normalized spacial score (nSPS) is 16.1. The van der Waals surface area contributed by atoms with Crippen LogP contribution in [0.25, 0.3) is 22.2 Å². The molecule has 0 bridgehead atoms. The number of aromatic amines is 1. The van der Waals surface area contributed by atoms with Crippen LogP contribution in [0, 0.1) is 5.82 Å². The summed E-state index contributed by atoms with van der Waals surface area (Å²) in [6.07, 6.45) is 3.79. The van der Waals surface area contributed by atoms with Gasteiger partial charge in [-0.15, -0.1) is 0 Å². The molecule has 0 spiro atoms. The predicted octanol–water partition coefficient (Wildman–Crippen LogP) is 4.97. The summed E-state index contributed by atoms with van der Waals surface area (Å²) in [4.78, 5) is 18.4. The summed E-state index contributed by atoms with van der Waals surface area (Å²) in [5, 5.41) is 3.81. The Hall–Kier alpha value is -3.69. The van der Waals surface area contributed by atoms with Gasteiger partial charge in [0.1, 0.15) is 16.5 Å². The fourth-order valence-corrected chi connectivity index (χ4v) is 6.20. The van der Waals surface area contributed by atoms with Gasteiger partial charge < -0.3 is 14.5 Å². The third-order valence-electron chi connectivity index (χ3n) is 7.04. The summed E-state index contributed by atoms with van der Waals surface area (Å²) in [6, 6.07) is 16.2. The van der Waals surface area contributed by atoms with Gasteiger partial charge in [-0.25, -0.2) is 4.39 Å². The number of hydrogen-bond donors (Lipinski definition) is 2. The molecule has 2 aliphatic heterocycles. The summed E-state index contributed by atoms with van der Waals surface area (Å²) >= 11 is 0. The average molecular weight is 520 g/mol. The van der Waals surface area contributed by atoms with E-state index in [0.717, 1.165) is 48.4 Å². The predicted molar refractivity (Wildman–Crippen MR) is 138 cm³/mol. The maximum atomic E-state index is 13.6. The number of fused-ring (bicyclic) bond motifs is 2. The number of nitrogens with one attached hydrogen (secondary N) is 2. The van der Waals surface area contributed by atoms with Crippen molar-refractivity contribution < 1.29 is 21.8 Å². The molecule has 1 aromatic heterocycles. The molecule has 0 saturated carbocycles. The average Bonchev–Trinajstić information content (AvgIpc) is 3.49. The van der Waals surface area contributed by atoms with Crippen LogP contribution in [0.5, 0.6) is 5.75 Å². The zero-order valence-corrected chi connectivity index (χ0v) is 20.9. The van der Waals surface area contributed by atoms with E-state index in [9.17, 15) is 17.6 Å². The first-order valence-corrected chi connectivity index (χ1v) is 13.8. The van der Waals surface area contributed by atoms with Crippen molar-refractivity contribution >= 4 is 26.9 Å². The van der Waals surface area contributed by atoms with Crippen molar-refractivity contribution in [3.8, 4) is 17.0 Å². The second-order valence-electron chi connectivity index (χ2n) is 9.58. The molecule has 2 aliphatic rings. The molecular formula is C28H26FN3O4S. The lowest BCUT2D eigenvalue weighted by molar-refractivity contribution is 0.0966. The molecule has 4 aromatic rings. The molecule has 7 nitrogen and oxygen atoms in total. The van der Waals surface area contributed by atoms with Crippen LogP contribution in [0.3, 0.4) is 0 Å². The Balaban J connectivity index is 1.33. The lowest BCUT2D eigenvalue weighted by atomic mass is 9.99. The number of nitrogens with zero attached hydrogens (tertiary/aromatic N) is 1. The molecule has 6 rings (SSSR count). The zero-order chi connectivity index (χ0) is 25.6. The molecule has 3 heterocycles. The van der Waals surface area contributed by atoms with Crippen molar-refractivity contribution in [3.63, 3.8) is 0 Å². The molecule has 0 atom stereocenters. The Morgan fingerprint density at radius 1 is 0.973 bits per heavy atom. The van der Waals surface area contributed by atoms with Gasteiger partial charge >= 0.3 is 10.1 Å². The van der Waals surface area contributed by atoms with E-state index in [1.807, 2.05) is 6.07 Å². The smallest absolute Gasteiger partial charge is 0.339 e. The van der Waals surface area contributed by atoms with Gasteiger partial charge in [-0.1, -0.05) is 18.6 Å². The molecular weight excluding hydrogens is 493 g/mol. The molecule has 2 N–H and O–H groups in total. The lowest BCUT2D eigenvalue weighted by Crippen LogP contribution is -2.28. The number of hydrogen-bond acceptors (Lipinski definition) is 5. The Bertz CT molecular complexity index is 1620. The molecule has 1 saturated heterocycles. The van der Waals surface area contributed by atoms with E-state index in [0.29, 0.717) is 16.7 Å². The number of carbonyl (C=O) groups excluding carboxylic acids is 1. The molecule has 190 valence electrons. The number of piperidine rings is 1. The molecule has 1 fully saturated rings. The van der Waals surface area contributed by atoms with E-state index in [1.54, 1.807) is 12.1 Å². The van der Waals surface area contributed by atoms with Gasteiger partial charge in [0, 0.05) is 40.8 Å². The van der Waals surface area contributed by atoms with Crippen molar-refractivity contribution in [1.29, 1.82) is 0 Å². The summed E-state index contributed by atoms with van der Waals surface area (Å²) < 4.78 is 44.5. The van der Waals surface area contributed by atoms with Crippen LogP contribution in [0.2, 0.25) is 0 Å². The molecule has 9 heteroatoms. The summed E-state index contributed by atoms with van der Waals surface area (Å²) in [5.41, 5.74) is 4.44. The summed E-state index contributed by atoms with van der Waals surface area (Å²) in [7, 11) is -4.28. The van der Waals surface area contributed by atoms with Crippen LogP contribution in [-0.2, 0) is 23.2 Å². The number of amides is 1. The molecule has 37 heavy (non-hydrogen) atoms. The van der Waals surface area contributed by atoms with E-state index in [2.05, 4.69) is 33.4 Å². The van der Waals surface area contributed by atoms with Crippen molar-refractivity contribution in [1.82, 2.24) is 15.2 Å². The first kappa shape index (κ1) is 23.7. The topological polar surface area (TPSA) is 91.5 Å². The Morgan fingerprint density at radius 2 is 1.81 bits per heavy atom. The number of H-pyrrole nitrogens is 1. The van der Waals surface area contributed by atoms with Crippen LogP contribution in [0.4, 0.5) is 4.39 Å². The monoisotopic (exact) mass is 519 g/mol. The first-order chi connectivity index (χ1) is 17.9. The van der Waals surface area contributed by atoms with Crippen molar-refractivity contribution in [2.75, 3.05) is 13.1 Å². The van der Waals surface area contributed by atoms with Crippen LogP contribution in [0.15, 0.2) is 65.6 Å². The molecule has 3 aromatic carbocycles. The van der Waals surface area contributed by atoms with E-state index >= 15 is 0 Å². The van der Waals surface area contributed by atoms with Gasteiger partial charge in [0.2, 0.25) is 0 Å². The molecule has 0 aliphatic carbocycles. The number of likely N-dealkylation sites (tertiary alicyclic amines) is 1. The zero-order valence-electron chi connectivity index (χ0n) is 20.1.